The third kappa shape index (κ3) is 4.32. The van der Waals surface area contributed by atoms with E-state index in [-0.39, 0.29) is 17.4 Å². The number of hydrogen-bond donors (Lipinski definition) is 0. The molecule has 33 heavy (non-hydrogen) atoms. The molecule has 9 nitrogen and oxygen atoms in total. The van der Waals surface area contributed by atoms with Gasteiger partial charge in [0.15, 0.2) is 5.82 Å². The van der Waals surface area contributed by atoms with Crippen molar-refractivity contribution in [3.63, 3.8) is 0 Å². The summed E-state index contributed by atoms with van der Waals surface area (Å²) in [6, 6.07) is 13.3. The van der Waals surface area contributed by atoms with Crippen LogP contribution in [0, 0.1) is 5.92 Å². The Labute approximate surface area is 192 Å². The van der Waals surface area contributed by atoms with Crippen molar-refractivity contribution in [2.24, 2.45) is 5.92 Å². The van der Waals surface area contributed by atoms with Crippen LogP contribution in [-0.4, -0.2) is 61.7 Å². The second-order valence-corrected chi connectivity index (χ2v) is 8.85. The van der Waals surface area contributed by atoms with E-state index in [1.807, 2.05) is 23.1 Å². The Hall–Kier alpha value is -3.33. The minimum absolute atomic E-state index is 0.136. The zero-order chi connectivity index (χ0) is 22.7. The average Bonchev–Trinajstić information content (AvgIpc) is 3.41. The molecule has 0 aliphatic carbocycles. The molecule has 5 rings (SSSR count). The fourth-order valence-corrected chi connectivity index (χ4v) is 4.99. The normalized spacial score (nSPS) is 18.8. The first-order chi connectivity index (χ1) is 16.2. The second kappa shape index (κ2) is 9.27. The van der Waals surface area contributed by atoms with Crippen molar-refractivity contribution in [3.8, 4) is 5.82 Å². The number of carbonyl (C=O) groups excluding carboxylic acids is 1. The van der Waals surface area contributed by atoms with Gasteiger partial charge >= 0.3 is 0 Å². The lowest BCUT2D eigenvalue weighted by molar-refractivity contribution is -0.142. The summed E-state index contributed by atoms with van der Waals surface area (Å²) in [5.74, 6) is 1.05. The molecule has 2 aliphatic heterocycles. The monoisotopic (exact) mass is 448 g/mol. The van der Waals surface area contributed by atoms with Crippen LogP contribution in [0.25, 0.3) is 5.82 Å². The fraction of sp³-hybridized carbons (Fsp3) is 0.458. The summed E-state index contributed by atoms with van der Waals surface area (Å²) in [5.41, 5.74) is 0.445. The van der Waals surface area contributed by atoms with Gasteiger partial charge < -0.3 is 9.64 Å². The molecule has 0 radical (unpaired) electrons. The van der Waals surface area contributed by atoms with Gasteiger partial charge in [0.25, 0.3) is 5.56 Å². The summed E-state index contributed by atoms with van der Waals surface area (Å²) in [6.07, 6.45) is 6.10. The zero-order valence-corrected chi connectivity index (χ0v) is 18.5. The number of likely N-dealkylation sites (tertiary alicyclic amines) is 1. The van der Waals surface area contributed by atoms with E-state index < -0.39 is 5.41 Å². The van der Waals surface area contributed by atoms with Crippen molar-refractivity contribution in [3.05, 3.63) is 71.0 Å². The summed E-state index contributed by atoms with van der Waals surface area (Å²) in [4.78, 5) is 32.1. The van der Waals surface area contributed by atoms with Crippen LogP contribution in [0.1, 0.15) is 31.2 Å². The quantitative estimate of drug-likeness (QED) is 0.591. The zero-order valence-electron chi connectivity index (χ0n) is 18.5. The maximum Gasteiger partial charge on any atom is 0.266 e. The first-order valence-corrected chi connectivity index (χ1v) is 11.5. The lowest BCUT2D eigenvalue weighted by Gasteiger charge is -2.42. The number of rotatable bonds is 5. The van der Waals surface area contributed by atoms with Crippen LogP contribution in [-0.2, 0) is 21.5 Å². The van der Waals surface area contributed by atoms with Gasteiger partial charge in [-0.2, -0.15) is 5.10 Å². The lowest BCUT2D eigenvalue weighted by atomic mass is 9.72. The van der Waals surface area contributed by atoms with E-state index in [0.29, 0.717) is 51.5 Å². The van der Waals surface area contributed by atoms with Gasteiger partial charge in [-0.3, -0.25) is 9.59 Å². The Morgan fingerprint density at radius 1 is 1.06 bits per heavy atom. The van der Waals surface area contributed by atoms with Gasteiger partial charge in [0.1, 0.15) is 12.7 Å². The molecular weight excluding hydrogens is 420 g/mol. The smallest absolute Gasteiger partial charge is 0.266 e. The molecule has 0 N–H and O–H groups in total. The number of aromatic nitrogens is 5. The van der Waals surface area contributed by atoms with Crippen LogP contribution in [0.5, 0.6) is 0 Å². The minimum Gasteiger partial charge on any atom is -0.381 e. The van der Waals surface area contributed by atoms with Gasteiger partial charge in [-0.15, -0.1) is 5.10 Å². The summed E-state index contributed by atoms with van der Waals surface area (Å²) in [5, 5.41) is 8.54. The number of hydrogen-bond acceptors (Lipinski definition) is 6. The van der Waals surface area contributed by atoms with Crippen molar-refractivity contribution >= 4 is 5.91 Å². The van der Waals surface area contributed by atoms with Crippen LogP contribution in [0.2, 0.25) is 0 Å². The van der Waals surface area contributed by atoms with Gasteiger partial charge in [0, 0.05) is 38.9 Å². The average molecular weight is 449 g/mol. The van der Waals surface area contributed by atoms with E-state index >= 15 is 0 Å². The SMILES string of the molecule is O=C(N1CCC(Cn2nc(-n3cncn3)ccc2=O)CC1)C1(c2ccccc2)CCOCC1. The van der Waals surface area contributed by atoms with Gasteiger partial charge in [0.2, 0.25) is 5.91 Å². The van der Waals surface area contributed by atoms with Crippen molar-refractivity contribution in [1.82, 2.24) is 29.4 Å². The Bertz CT molecular complexity index is 1130. The summed E-state index contributed by atoms with van der Waals surface area (Å²) in [7, 11) is 0. The fourth-order valence-electron chi connectivity index (χ4n) is 4.99. The van der Waals surface area contributed by atoms with Crippen molar-refractivity contribution < 1.29 is 9.53 Å². The highest BCUT2D eigenvalue weighted by atomic mass is 16.5. The van der Waals surface area contributed by atoms with Crippen LogP contribution < -0.4 is 5.56 Å². The van der Waals surface area contributed by atoms with E-state index in [1.165, 1.54) is 21.8 Å². The number of ether oxygens (including phenoxy) is 1. The second-order valence-electron chi connectivity index (χ2n) is 8.85. The maximum absolute atomic E-state index is 13.8. The molecule has 1 aromatic carbocycles. The number of amides is 1. The molecule has 0 spiro atoms. The summed E-state index contributed by atoms with van der Waals surface area (Å²) in [6.45, 7) is 3.12. The molecule has 0 bridgehead atoms. The highest BCUT2D eigenvalue weighted by Gasteiger charge is 2.44. The molecule has 9 heteroatoms. The summed E-state index contributed by atoms with van der Waals surface area (Å²) >= 11 is 0. The molecule has 3 aromatic rings. The highest BCUT2D eigenvalue weighted by Crippen LogP contribution is 2.37. The van der Waals surface area contributed by atoms with E-state index in [1.54, 1.807) is 12.4 Å². The van der Waals surface area contributed by atoms with Gasteiger partial charge in [-0.05, 0) is 43.2 Å². The predicted molar refractivity (Wildman–Crippen MR) is 121 cm³/mol. The first kappa shape index (κ1) is 21.5. The maximum atomic E-state index is 13.8. The molecule has 172 valence electrons. The van der Waals surface area contributed by atoms with Crippen LogP contribution >= 0.6 is 0 Å². The summed E-state index contributed by atoms with van der Waals surface area (Å²) < 4.78 is 8.63. The topological polar surface area (TPSA) is 95.1 Å². The third-order valence-corrected chi connectivity index (χ3v) is 6.92. The molecule has 2 fully saturated rings. The lowest BCUT2D eigenvalue weighted by Crippen LogP contribution is -2.52. The standard InChI is InChI=1S/C24H28N6O3/c31-22-7-6-21(30-18-25-17-26-30)27-29(22)16-19-8-12-28(13-9-19)23(32)24(10-14-33-15-11-24)20-4-2-1-3-5-20/h1-7,17-19H,8-16H2. The van der Waals surface area contributed by atoms with Crippen molar-refractivity contribution in [2.75, 3.05) is 26.3 Å². The Balaban J connectivity index is 1.27. The predicted octanol–water partition coefficient (Wildman–Crippen LogP) is 1.81. The number of benzene rings is 1. The molecule has 1 amide bonds. The Morgan fingerprint density at radius 3 is 2.52 bits per heavy atom. The van der Waals surface area contributed by atoms with Crippen LogP contribution in [0.4, 0.5) is 0 Å². The third-order valence-electron chi connectivity index (χ3n) is 6.92. The molecular formula is C24H28N6O3. The molecule has 2 aliphatic rings. The molecule has 2 saturated heterocycles. The van der Waals surface area contributed by atoms with Gasteiger partial charge in [-0.1, -0.05) is 30.3 Å². The van der Waals surface area contributed by atoms with Gasteiger partial charge in [-0.25, -0.2) is 14.3 Å². The largest absolute Gasteiger partial charge is 0.381 e. The molecule has 4 heterocycles. The molecule has 0 atom stereocenters. The number of piperidine rings is 1. The number of carbonyl (C=O) groups is 1. The first-order valence-electron chi connectivity index (χ1n) is 11.5. The Morgan fingerprint density at radius 2 is 1.82 bits per heavy atom. The molecule has 0 saturated carbocycles. The van der Waals surface area contributed by atoms with Crippen molar-refractivity contribution in [2.45, 2.75) is 37.6 Å². The van der Waals surface area contributed by atoms with Crippen LogP contribution in [0.15, 0.2) is 59.9 Å². The van der Waals surface area contributed by atoms with E-state index in [9.17, 15) is 9.59 Å². The molecule has 2 aromatic heterocycles. The minimum atomic E-state index is -0.503. The van der Waals surface area contributed by atoms with E-state index in [4.69, 9.17) is 4.74 Å². The van der Waals surface area contributed by atoms with E-state index in [2.05, 4.69) is 27.3 Å². The Kier molecular flexibility index (Phi) is 6.04. The number of nitrogens with zero attached hydrogens (tertiary/aromatic N) is 6. The van der Waals surface area contributed by atoms with Gasteiger partial charge in [0.05, 0.1) is 5.41 Å². The van der Waals surface area contributed by atoms with Crippen molar-refractivity contribution in [1.29, 1.82) is 0 Å². The molecule has 0 unspecified atom stereocenters. The van der Waals surface area contributed by atoms with Crippen LogP contribution in [0.3, 0.4) is 0 Å². The highest BCUT2D eigenvalue weighted by molar-refractivity contribution is 5.88. The van der Waals surface area contributed by atoms with E-state index in [0.717, 1.165) is 18.4 Å².